The van der Waals surface area contributed by atoms with Crippen LogP contribution in [0.25, 0.3) is 0 Å². The van der Waals surface area contributed by atoms with Crippen LogP contribution >= 0.6 is 24.8 Å². The molecule has 1 heterocycles. The number of hydrogen-bond acceptors (Lipinski definition) is 3. The number of hydrogen-bond donors (Lipinski definition) is 2. The van der Waals surface area contributed by atoms with Crippen LogP contribution < -0.4 is 5.32 Å². The molecule has 0 spiro atoms. The first-order valence-electron chi connectivity index (χ1n) is 6.66. The summed E-state index contributed by atoms with van der Waals surface area (Å²) in [4.78, 5) is 2.49. The van der Waals surface area contributed by atoms with Crippen LogP contribution in [0.2, 0.25) is 0 Å². The number of phenolic OH excluding ortho intramolecular Hbond substituents is 1. The summed E-state index contributed by atoms with van der Waals surface area (Å²) in [7, 11) is 0. The van der Waals surface area contributed by atoms with Crippen LogP contribution in [0.1, 0.15) is 24.4 Å². The highest BCUT2D eigenvalue weighted by atomic mass is 35.5. The van der Waals surface area contributed by atoms with Gasteiger partial charge in [0.15, 0.2) is 0 Å². The molecule has 0 aliphatic carbocycles. The predicted molar refractivity (Wildman–Crippen MR) is 89.2 cm³/mol. The standard InChI is InChI=1S/C15H22N2O.2ClH/c1-2-3-7-15(17-10-8-16-9-11-17)13-5-4-6-14(18)12-13;;/h2,4-6,12,15-16,18H,1,3,7-11H2;2*1H/t15-;;/m1../s1. The quantitative estimate of drug-likeness (QED) is 0.819. The molecule has 0 unspecified atom stereocenters. The molecule has 1 aliphatic heterocycles. The topological polar surface area (TPSA) is 35.5 Å². The van der Waals surface area contributed by atoms with Crippen LogP contribution in [-0.4, -0.2) is 36.2 Å². The van der Waals surface area contributed by atoms with Gasteiger partial charge in [0, 0.05) is 32.2 Å². The van der Waals surface area contributed by atoms with Gasteiger partial charge in [0.05, 0.1) is 0 Å². The molecule has 1 saturated heterocycles. The molecule has 114 valence electrons. The van der Waals surface area contributed by atoms with Crippen molar-refractivity contribution in [2.45, 2.75) is 18.9 Å². The van der Waals surface area contributed by atoms with E-state index in [9.17, 15) is 5.11 Å². The van der Waals surface area contributed by atoms with Gasteiger partial charge in [0.2, 0.25) is 0 Å². The lowest BCUT2D eigenvalue weighted by Gasteiger charge is -2.35. The fourth-order valence-corrected chi connectivity index (χ4v) is 2.56. The maximum absolute atomic E-state index is 9.63. The van der Waals surface area contributed by atoms with Gasteiger partial charge in [-0.3, -0.25) is 4.90 Å². The lowest BCUT2D eigenvalue weighted by molar-refractivity contribution is 0.166. The van der Waals surface area contributed by atoms with Crippen molar-refractivity contribution >= 4 is 24.8 Å². The molecule has 1 aliphatic rings. The maximum atomic E-state index is 9.63. The summed E-state index contributed by atoms with van der Waals surface area (Å²) in [5.41, 5.74) is 1.21. The largest absolute Gasteiger partial charge is 0.508 e. The fraction of sp³-hybridized carbons (Fsp3) is 0.467. The van der Waals surface area contributed by atoms with Crippen molar-refractivity contribution in [3.05, 3.63) is 42.5 Å². The minimum absolute atomic E-state index is 0. The lowest BCUT2D eigenvalue weighted by atomic mass is 9.99. The number of rotatable bonds is 5. The Morgan fingerprint density at radius 3 is 2.60 bits per heavy atom. The fourth-order valence-electron chi connectivity index (χ4n) is 2.56. The number of nitrogens with one attached hydrogen (secondary N) is 1. The van der Waals surface area contributed by atoms with Gasteiger partial charge in [-0.05, 0) is 30.5 Å². The number of aromatic hydroxyl groups is 1. The van der Waals surface area contributed by atoms with E-state index in [4.69, 9.17) is 0 Å². The zero-order chi connectivity index (χ0) is 12.8. The van der Waals surface area contributed by atoms with E-state index in [1.807, 2.05) is 18.2 Å². The van der Waals surface area contributed by atoms with Crippen LogP contribution in [0, 0.1) is 0 Å². The molecule has 0 amide bonds. The highest BCUT2D eigenvalue weighted by Crippen LogP contribution is 2.28. The third kappa shape index (κ3) is 5.33. The highest BCUT2D eigenvalue weighted by Gasteiger charge is 2.21. The second kappa shape index (κ2) is 10.1. The van der Waals surface area contributed by atoms with Crippen molar-refractivity contribution in [1.29, 1.82) is 0 Å². The molecule has 5 heteroatoms. The van der Waals surface area contributed by atoms with Gasteiger partial charge in [-0.15, -0.1) is 31.4 Å². The van der Waals surface area contributed by atoms with Crippen LogP contribution in [0.15, 0.2) is 36.9 Å². The molecule has 0 aromatic heterocycles. The number of allylic oxidation sites excluding steroid dienone is 1. The van der Waals surface area contributed by atoms with Gasteiger partial charge in [-0.1, -0.05) is 18.2 Å². The molecule has 3 nitrogen and oxygen atoms in total. The number of phenols is 1. The van der Waals surface area contributed by atoms with Crippen molar-refractivity contribution in [3.8, 4) is 5.75 Å². The molecule has 1 atom stereocenters. The van der Waals surface area contributed by atoms with E-state index in [0.29, 0.717) is 11.8 Å². The van der Waals surface area contributed by atoms with E-state index in [2.05, 4.69) is 22.9 Å². The molecule has 0 bridgehead atoms. The SMILES string of the molecule is C=CCC[C@H](c1cccc(O)c1)N1CCNCC1.Cl.Cl. The van der Waals surface area contributed by atoms with Gasteiger partial charge in [0.1, 0.15) is 5.75 Å². The van der Waals surface area contributed by atoms with E-state index >= 15 is 0 Å². The Balaban J connectivity index is 0.00000180. The number of benzene rings is 1. The van der Waals surface area contributed by atoms with E-state index in [1.165, 1.54) is 5.56 Å². The summed E-state index contributed by atoms with van der Waals surface area (Å²) in [6.45, 7) is 8.03. The van der Waals surface area contributed by atoms with Gasteiger partial charge in [0.25, 0.3) is 0 Å². The zero-order valence-electron chi connectivity index (χ0n) is 11.6. The monoisotopic (exact) mass is 318 g/mol. The Labute approximate surface area is 133 Å². The van der Waals surface area contributed by atoms with E-state index in [-0.39, 0.29) is 24.8 Å². The van der Waals surface area contributed by atoms with Crippen molar-refractivity contribution in [2.75, 3.05) is 26.2 Å². The van der Waals surface area contributed by atoms with Gasteiger partial charge >= 0.3 is 0 Å². The third-order valence-electron chi connectivity index (χ3n) is 3.49. The number of halogens is 2. The summed E-state index contributed by atoms with van der Waals surface area (Å²) in [6.07, 6.45) is 4.04. The summed E-state index contributed by atoms with van der Waals surface area (Å²) < 4.78 is 0. The number of nitrogens with zero attached hydrogens (tertiary/aromatic N) is 1. The van der Waals surface area contributed by atoms with Gasteiger partial charge in [-0.25, -0.2) is 0 Å². The number of piperazine rings is 1. The van der Waals surface area contributed by atoms with Crippen molar-refractivity contribution < 1.29 is 5.11 Å². The Morgan fingerprint density at radius 2 is 2.00 bits per heavy atom. The van der Waals surface area contributed by atoms with Gasteiger partial charge in [-0.2, -0.15) is 0 Å². The second-order valence-electron chi connectivity index (χ2n) is 4.76. The molecular formula is C15H24Cl2N2O. The van der Waals surface area contributed by atoms with Crippen LogP contribution in [0.4, 0.5) is 0 Å². The molecule has 2 rings (SSSR count). The first-order valence-corrected chi connectivity index (χ1v) is 6.66. The van der Waals surface area contributed by atoms with E-state index in [0.717, 1.165) is 39.0 Å². The van der Waals surface area contributed by atoms with Crippen molar-refractivity contribution in [1.82, 2.24) is 10.2 Å². The minimum Gasteiger partial charge on any atom is -0.508 e. The normalized spacial score (nSPS) is 16.6. The maximum Gasteiger partial charge on any atom is 0.115 e. The van der Waals surface area contributed by atoms with Crippen LogP contribution in [-0.2, 0) is 0 Å². The first kappa shape index (κ1) is 19.3. The van der Waals surface area contributed by atoms with E-state index in [1.54, 1.807) is 6.07 Å². The first-order chi connectivity index (χ1) is 8.81. The smallest absolute Gasteiger partial charge is 0.115 e. The molecule has 0 saturated carbocycles. The molecule has 1 fully saturated rings. The molecule has 1 aromatic carbocycles. The molecule has 1 aromatic rings. The lowest BCUT2D eigenvalue weighted by Crippen LogP contribution is -2.45. The van der Waals surface area contributed by atoms with Crippen molar-refractivity contribution in [2.24, 2.45) is 0 Å². The molecular weight excluding hydrogens is 295 g/mol. The predicted octanol–water partition coefficient (Wildman–Crippen LogP) is 3.15. The van der Waals surface area contributed by atoms with Crippen LogP contribution in [0.3, 0.4) is 0 Å². The summed E-state index contributed by atoms with van der Waals surface area (Å²) >= 11 is 0. The third-order valence-corrected chi connectivity index (χ3v) is 3.49. The van der Waals surface area contributed by atoms with E-state index < -0.39 is 0 Å². The Kier molecular flexibility index (Phi) is 9.68. The Hall–Kier alpha value is -0.740. The van der Waals surface area contributed by atoms with Gasteiger partial charge < -0.3 is 10.4 Å². The summed E-state index contributed by atoms with van der Waals surface area (Å²) in [5.74, 6) is 0.353. The average Bonchev–Trinajstić information content (AvgIpc) is 2.40. The molecule has 2 N–H and O–H groups in total. The molecule has 0 radical (unpaired) electrons. The second-order valence-corrected chi connectivity index (χ2v) is 4.76. The minimum atomic E-state index is 0. The van der Waals surface area contributed by atoms with Crippen molar-refractivity contribution in [3.63, 3.8) is 0 Å². The highest BCUT2D eigenvalue weighted by molar-refractivity contribution is 5.85. The Bertz CT molecular complexity index is 395. The zero-order valence-corrected chi connectivity index (χ0v) is 13.3. The molecule has 20 heavy (non-hydrogen) atoms. The summed E-state index contributed by atoms with van der Waals surface area (Å²) in [6, 6.07) is 8.03. The average molecular weight is 319 g/mol. The Morgan fingerprint density at radius 1 is 1.30 bits per heavy atom. The van der Waals surface area contributed by atoms with Crippen LogP contribution in [0.5, 0.6) is 5.75 Å². The summed E-state index contributed by atoms with van der Waals surface area (Å²) in [5, 5.41) is 13.0.